The first-order chi connectivity index (χ1) is 10.7. The molecule has 0 saturated carbocycles. The third kappa shape index (κ3) is 4.23. The zero-order valence-electron chi connectivity index (χ0n) is 14.2. The molecule has 0 aliphatic carbocycles. The molecule has 0 spiro atoms. The second-order valence-corrected chi connectivity index (χ2v) is 6.02. The van der Waals surface area contributed by atoms with Gasteiger partial charge in [0.15, 0.2) is 0 Å². The molecular weight excluding hydrogens is 274 g/mol. The van der Waals surface area contributed by atoms with Crippen LogP contribution in [0.5, 0.6) is 0 Å². The number of hydrogen-bond donors (Lipinski definition) is 0. The van der Waals surface area contributed by atoms with E-state index in [0.717, 1.165) is 45.7 Å². The summed E-state index contributed by atoms with van der Waals surface area (Å²) >= 11 is 0. The van der Waals surface area contributed by atoms with Crippen LogP contribution in [0, 0.1) is 0 Å². The standard InChI is InChI=1S/C18H29N3O/c1-4-19(5-2)18(22)21-13-11-20(12-14-21)16(3)15-17-9-7-6-8-10-17/h6-10,16H,4-5,11-15H2,1-3H3. The molecule has 1 aliphatic heterocycles. The molecule has 1 aliphatic rings. The molecule has 0 bridgehead atoms. The summed E-state index contributed by atoms with van der Waals surface area (Å²) in [4.78, 5) is 18.8. The third-order valence-electron chi connectivity index (χ3n) is 4.62. The Morgan fingerprint density at radius 2 is 1.68 bits per heavy atom. The molecule has 1 aromatic carbocycles. The van der Waals surface area contributed by atoms with Crippen LogP contribution >= 0.6 is 0 Å². The predicted octanol–water partition coefficient (Wildman–Crippen LogP) is 2.70. The molecule has 2 rings (SSSR count). The second-order valence-electron chi connectivity index (χ2n) is 6.02. The van der Waals surface area contributed by atoms with Gasteiger partial charge >= 0.3 is 6.03 Å². The number of carbonyl (C=O) groups excluding carboxylic acids is 1. The van der Waals surface area contributed by atoms with Gasteiger partial charge < -0.3 is 9.80 Å². The maximum absolute atomic E-state index is 12.4. The zero-order valence-corrected chi connectivity index (χ0v) is 14.2. The van der Waals surface area contributed by atoms with Crippen molar-refractivity contribution in [1.82, 2.24) is 14.7 Å². The van der Waals surface area contributed by atoms with Gasteiger partial charge in [0.1, 0.15) is 0 Å². The number of piperazine rings is 1. The highest BCUT2D eigenvalue weighted by Crippen LogP contribution is 2.13. The highest BCUT2D eigenvalue weighted by molar-refractivity contribution is 5.74. The van der Waals surface area contributed by atoms with E-state index < -0.39 is 0 Å². The fourth-order valence-corrected chi connectivity index (χ4v) is 3.13. The smallest absolute Gasteiger partial charge is 0.320 e. The Morgan fingerprint density at radius 3 is 2.23 bits per heavy atom. The summed E-state index contributed by atoms with van der Waals surface area (Å²) in [7, 11) is 0. The lowest BCUT2D eigenvalue weighted by molar-refractivity contribution is 0.0965. The van der Waals surface area contributed by atoms with E-state index in [1.165, 1.54) is 5.56 Å². The normalized spacial score (nSPS) is 17.3. The van der Waals surface area contributed by atoms with Crippen LogP contribution in [-0.2, 0) is 6.42 Å². The van der Waals surface area contributed by atoms with E-state index in [-0.39, 0.29) is 6.03 Å². The number of benzene rings is 1. The summed E-state index contributed by atoms with van der Waals surface area (Å²) in [5.74, 6) is 0. The molecule has 22 heavy (non-hydrogen) atoms. The fourth-order valence-electron chi connectivity index (χ4n) is 3.13. The number of hydrogen-bond acceptors (Lipinski definition) is 2. The lowest BCUT2D eigenvalue weighted by Gasteiger charge is -2.39. The van der Waals surface area contributed by atoms with Gasteiger partial charge in [0.2, 0.25) is 0 Å². The van der Waals surface area contributed by atoms with Crippen molar-refractivity contribution in [2.75, 3.05) is 39.3 Å². The van der Waals surface area contributed by atoms with Gasteiger partial charge in [-0.2, -0.15) is 0 Å². The Bertz CT molecular complexity index is 451. The SMILES string of the molecule is CCN(CC)C(=O)N1CCN(C(C)Cc2ccccc2)CC1. The summed E-state index contributed by atoms with van der Waals surface area (Å²) in [6, 6.07) is 11.4. The van der Waals surface area contributed by atoms with Gasteiger partial charge in [-0.3, -0.25) is 4.90 Å². The first-order valence-corrected chi connectivity index (χ1v) is 8.47. The third-order valence-corrected chi connectivity index (χ3v) is 4.62. The lowest BCUT2D eigenvalue weighted by atomic mass is 10.1. The van der Waals surface area contributed by atoms with E-state index in [2.05, 4.69) is 42.2 Å². The molecule has 1 heterocycles. The number of amides is 2. The van der Waals surface area contributed by atoms with E-state index in [0.29, 0.717) is 6.04 Å². The molecule has 1 saturated heterocycles. The van der Waals surface area contributed by atoms with Crippen LogP contribution in [0.1, 0.15) is 26.3 Å². The van der Waals surface area contributed by atoms with Gasteiger partial charge in [0, 0.05) is 45.3 Å². The van der Waals surface area contributed by atoms with Crippen LogP contribution < -0.4 is 0 Å². The van der Waals surface area contributed by atoms with E-state index in [9.17, 15) is 4.79 Å². The number of rotatable bonds is 5. The van der Waals surface area contributed by atoms with Crippen molar-refractivity contribution in [3.63, 3.8) is 0 Å². The molecular formula is C18H29N3O. The van der Waals surface area contributed by atoms with E-state index in [4.69, 9.17) is 0 Å². The van der Waals surface area contributed by atoms with Crippen LogP contribution in [0.2, 0.25) is 0 Å². The van der Waals surface area contributed by atoms with Crippen molar-refractivity contribution >= 4 is 6.03 Å². The zero-order chi connectivity index (χ0) is 15.9. The van der Waals surface area contributed by atoms with Crippen molar-refractivity contribution in [3.05, 3.63) is 35.9 Å². The first kappa shape index (κ1) is 16.8. The molecule has 4 nitrogen and oxygen atoms in total. The Hall–Kier alpha value is -1.55. The molecule has 2 amide bonds. The monoisotopic (exact) mass is 303 g/mol. The maximum Gasteiger partial charge on any atom is 0.320 e. The minimum absolute atomic E-state index is 0.195. The number of nitrogens with zero attached hydrogens (tertiary/aromatic N) is 3. The van der Waals surface area contributed by atoms with Gasteiger partial charge in [-0.15, -0.1) is 0 Å². The first-order valence-electron chi connectivity index (χ1n) is 8.47. The van der Waals surface area contributed by atoms with Crippen molar-refractivity contribution < 1.29 is 4.79 Å². The lowest BCUT2D eigenvalue weighted by Crippen LogP contribution is -2.54. The maximum atomic E-state index is 12.4. The van der Waals surface area contributed by atoms with E-state index in [1.54, 1.807) is 0 Å². The molecule has 1 unspecified atom stereocenters. The van der Waals surface area contributed by atoms with Crippen molar-refractivity contribution in [1.29, 1.82) is 0 Å². The predicted molar refractivity (Wildman–Crippen MR) is 91.1 cm³/mol. The molecule has 0 N–H and O–H groups in total. The fraction of sp³-hybridized carbons (Fsp3) is 0.611. The highest BCUT2D eigenvalue weighted by Gasteiger charge is 2.25. The molecule has 1 aromatic rings. The van der Waals surface area contributed by atoms with Crippen molar-refractivity contribution in [2.45, 2.75) is 33.2 Å². The Balaban J connectivity index is 1.82. The van der Waals surface area contributed by atoms with Gasteiger partial charge in [-0.05, 0) is 32.8 Å². The van der Waals surface area contributed by atoms with E-state index >= 15 is 0 Å². The van der Waals surface area contributed by atoms with Crippen LogP contribution in [0.3, 0.4) is 0 Å². The van der Waals surface area contributed by atoms with E-state index in [1.807, 2.05) is 23.6 Å². The Labute approximate surface area is 134 Å². The number of carbonyl (C=O) groups is 1. The average molecular weight is 303 g/mol. The Morgan fingerprint density at radius 1 is 1.09 bits per heavy atom. The van der Waals surface area contributed by atoms with Crippen LogP contribution in [0.4, 0.5) is 4.79 Å². The van der Waals surface area contributed by atoms with Crippen molar-refractivity contribution in [3.8, 4) is 0 Å². The summed E-state index contributed by atoms with van der Waals surface area (Å²) in [5.41, 5.74) is 1.39. The Kier molecular flexibility index (Phi) is 6.25. The largest absolute Gasteiger partial charge is 0.325 e. The summed E-state index contributed by atoms with van der Waals surface area (Å²) in [6.07, 6.45) is 1.07. The number of urea groups is 1. The van der Waals surface area contributed by atoms with Gasteiger partial charge in [-0.25, -0.2) is 4.79 Å². The topological polar surface area (TPSA) is 26.8 Å². The highest BCUT2D eigenvalue weighted by atomic mass is 16.2. The average Bonchev–Trinajstić information content (AvgIpc) is 2.57. The minimum Gasteiger partial charge on any atom is -0.325 e. The molecule has 1 atom stereocenters. The van der Waals surface area contributed by atoms with Crippen molar-refractivity contribution in [2.24, 2.45) is 0 Å². The quantitative estimate of drug-likeness (QED) is 0.836. The van der Waals surface area contributed by atoms with Crippen LogP contribution in [0.15, 0.2) is 30.3 Å². The van der Waals surface area contributed by atoms with Crippen LogP contribution in [0.25, 0.3) is 0 Å². The molecule has 122 valence electrons. The van der Waals surface area contributed by atoms with Gasteiger partial charge in [0.05, 0.1) is 0 Å². The summed E-state index contributed by atoms with van der Waals surface area (Å²) < 4.78 is 0. The molecule has 0 radical (unpaired) electrons. The van der Waals surface area contributed by atoms with Gasteiger partial charge in [-0.1, -0.05) is 30.3 Å². The minimum atomic E-state index is 0.195. The second kappa shape index (κ2) is 8.18. The summed E-state index contributed by atoms with van der Waals surface area (Å²) in [6.45, 7) is 11.6. The van der Waals surface area contributed by atoms with Crippen LogP contribution in [-0.4, -0.2) is 66.0 Å². The van der Waals surface area contributed by atoms with Gasteiger partial charge in [0.25, 0.3) is 0 Å². The molecule has 4 heteroatoms. The molecule has 0 aromatic heterocycles. The summed E-state index contributed by atoms with van der Waals surface area (Å²) in [5, 5.41) is 0. The molecule has 1 fully saturated rings.